The molecular weight excluding hydrogens is 520 g/mol. The number of para-hydroxylation sites is 1. The summed E-state index contributed by atoms with van der Waals surface area (Å²) in [7, 11) is 1.67. The molecule has 0 bridgehead atoms. The van der Waals surface area contributed by atoms with Crippen LogP contribution in [0, 0.1) is 0 Å². The van der Waals surface area contributed by atoms with Gasteiger partial charge < -0.3 is 15.0 Å². The lowest BCUT2D eigenvalue weighted by Gasteiger charge is -2.29. The van der Waals surface area contributed by atoms with Crippen molar-refractivity contribution in [1.82, 2.24) is 4.57 Å². The van der Waals surface area contributed by atoms with E-state index in [1.807, 2.05) is 42.5 Å². The number of aromatic hydroxyl groups is 1. The lowest BCUT2D eigenvalue weighted by atomic mass is 9.77. The number of phenols is 1. The average Bonchev–Trinajstić information content (AvgIpc) is 2.89. The number of hydrogen-bond donors (Lipinski definition) is 2. The molecule has 0 aliphatic rings. The van der Waals surface area contributed by atoms with E-state index in [2.05, 4.69) is 86.7 Å². The van der Waals surface area contributed by atoms with Crippen LogP contribution in [0.5, 0.6) is 5.75 Å². The van der Waals surface area contributed by atoms with Gasteiger partial charge in [-0.25, -0.2) is 0 Å². The molecule has 0 aliphatic carbocycles. The van der Waals surface area contributed by atoms with E-state index in [1.54, 1.807) is 7.05 Å². The molecule has 1 aromatic heterocycles. The SMILES string of the molecule is CC(C)c1cccc(C(C)C)c1NC(=O)c1c(-c2cc(C(C)(C)C)c(O)c(C(C)(C)C)c2)c2ccccc2c(=O)n1C. The zero-order chi connectivity index (χ0) is 31.3. The van der Waals surface area contributed by atoms with Crippen LogP contribution >= 0.6 is 0 Å². The molecule has 0 unspecified atom stereocenters. The number of nitrogens with zero attached hydrogens (tertiary/aromatic N) is 1. The smallest absolute Gasteiger partial charge is 0.273 e. The summed E-state index contributed by atoms with van der Waals surface area (Å²) >= 11 is 0. The molecule has 222 valence electrons. The van der Waals surface area contributed by atoms with Crippen molar-refractivity contribution >= 4 is 22.4 Å². The Morgan fingerprint density at radius 1 is 0.786 bits per heavy atom. The lowest BCUT2D eigenvalue weighted by molar-refractivity contribution is 0.101. The second-order valence-electron chi connectivity index (χ2n) is 14.1. The van der Waals surface area contributed by atoms with Gasteiger partial charge in [0.25, 0.3) is 11.5 Å². The number of carbonyl (C=O) groups excluding carboxylic acids is 1. The average molecular weight is 567 g/mol. The molecular formula is C37H46N2O3. The van der Waals surface area contributed by atoms with Crippen LogP contribution in [0.1, 0.15) is 114 Å². The molecule has 0 aliphatic heterocycles. The first-order chi connectivity index (χ1) is 19.4. The molecule has 0 fully saturated rings. The molecule has 0 saturated heterocycles. The molecule has 2 N–H and O–H groups in total. The Kier molecular flexibility index (Phi) is 8.21. The maximum Gasteiger partial charge on any atom is 0.273 e. The van der Waals surface area contributed by atoms with Gasteiger partial charge in [-0.1, -0.05) is 106 Å². The van der Waals surface area contributed by atoms with Gasteiger partial charge in [-0.2, -0.15) is 0 Å². The maximum atomic E-state index is 14.5. The van der Waals surface area contributed by atoms with Gasteiger partial charge >= 0.3 is 0 Å². The van der Waals surface area contributed by atoms with E-state index in [-0.39, 0.29) is 45.6 Å². The van der Waals surface area contributed by atoms with Gasteiger partial charge in [-0.15, -0.1) is 0 Å². The molecule has 1 heterocycles. The standard InChI is InChI=1S/C37H46N2O3/c1-21(2)24-17-14-18-25(22(3)4)31(24)38-34(41)32-30(26-15-12-13-16-27(26)35(42)39(32)11)23-19-28(36(5,6)7)33(40)29(20-23)37(8,9)10/h12-22,40H,1-11H3,(H,38,41). The minimum absolute atomic E-state index is 0.194. The monoisotopic (exact) mass is 566 g/mol. The highest BCUT2D eigenvalue weighted by Gasteiger charge is 2.30. The fraction of sp³-hybridized carbons (Fsp3) is 0.405. The Morgan fingerprint density at radius 3 is 1.71 bits per heavy atom. The van der Waals surface area contributed by atoms with E-state index >= 15 is 0 Å². The molecule has 42 heavy (non-hydrogen) atoms. The van der Waals surface area contributed by atoms with E-state index in [4.69, 9.17) is 0 Å². The molecule has 5 nitrogen and oxygen atoms in total. The fourth-order valence-electron chi connectivity index (χ4n) is 5.81. The molecule has 4 aromatic rings. The first-order valence-corrected chi connectivity index (χ1v) is 14.9. The van der Waals surface area contributed by atoms with Crippen molar-refractivity contribution in [2.24, 2.45) is 7.05 Å². The van der Waals surface area contributed by atoms with Crippen LogP contribution in [0.3, 0.4) is 0 Å². The Labute approximate surface area is 250 Å². The number of nitrogens with one attached hydrogen (secondary N) is 1. The number of anilines is 1. The number of hydrogen-bond acceptors (Lipinski definition) is 3. The first-order valence-electron chi connectivity index (χ1n) is 14.9. The zero-order valence-corrected chi connectivity index (χ0v) is 27.1. The highest BCUT2D eigenvalue weighted by Crippen LogP contribution is 2.44. The van der Waals surface area contributed by atoms with Gasteiger partial charge in [0.1, 0.15) is 11.4 Å². The largest absolute Gasteiger partial charge is 0.507 e. The number of rotatable bonds is 5. The van der Waals surface area contributed by atoms with Crippen LogP contribution in [-0.4, -0.2) is 15.6 Å². The number of pyridine rings is 1. The molecule has 0 spiro atoms. The third kappa shape index (κ3) is 5.62. The van der Waals surface area contributed by atoms with Crippen LogP contribution < -0.4 is 10.9 Å². The van der Waals surface area contributed by atoms with Crippen molar-refractivity contribution in [1.29, 1.82) is 0 Å². The number of benzene rings is 3. The third-order valence-electron chi connectivity index (χ3n) is 8.14. The number of aromatic nitrogens is 1. The van der Waals surface area contributed by atoms with E-state index < -0.39 is 0 Å². The summed E-state index contributed by atoms with van der Waals surface area (Å²) in [6, 6.07) is 17.6. The summed E-state index contributed by atoms with van der Waals surface area (Å²) < 4.78 is 1.47. The molecule has 1 amide bonds. The van der Waals surface area contributed by atoms with Crippen molar-refractivity contribution in [2.45, 2.75) is 91.9 Å². The number of fused-ring (bicyclic) bond motifs is 1. The van der Waals surface area contributed by atoms with Crippen molar-refractivity contribution in [3.63, 3.8) is 0 Å². The van der Waals surface area contributed by atoms with Crippen LogP contribution in [0.15, 0.2) is 59.4 Å². The Morgan fingerprint density at radius 2 is 1.26 bits per heavy atom. The minimum Gasteiger partial charge on any atom is -0.507 e. The van der Waals surface area contributed by atoms with Gasteiger partial charge in [0, 0.05) is 34.8 Å². The topological polar surface area (TPSA) is 71.3 Å². The summed E-state index contributed by atoms with van der Waals surface area (Å²) in [6.45, 7) is 20.9. The summed E-state index contributed by atoms with van der Waals surface area (Å²) in [5.41, 5.74) is 5.30. The van der Waals surface area contributed by atoms with Crippen LogP contribution in [0.25, 0.3) is 21.9 Å². The maximum absolute atomic E-state index is 14.5. The van der Waals surface area contributed by atoms with Crippen molar-refractivity contribution in [3.8, 4) is 16.9 Å². The van der Waals surface area contributed by atoms with Crippen molar-refractivity contribution in [3.05, 3.63) is 92.9 Å². The summed E-state index contributed by atoms with van der Waals surface area (Å²) in [4.78, 5) is 28.2. The van der Waals surface area contributed by atoms with Crippen LogP contribution in [0.4, 0.5) is 5.69 Å². The Hall–Kier alpha value is -3.86. The molecule has 5 heteroatoms. The van der Waals surface area contributed by atoms with Crippen molar-refractivity contribution < 1.29 is 9.90 Å². The molecule has 3 aromatic carbocycles. The summed E-state index contributed by atoms with van der Waals surface area (Å²) in [6.07, 6.45) is 0. The van der Waals surface area contributed by atoms with Gasteiger partial charge in [0.05, 0.1) is 0 Å². The fourth-order valence-corrected chi connectivity index (χ4v) is 5.81. The molecule has 0 radical (unpaired) electrons. The number of amides is 1. The van der Waals surface area contributed by atoms with Crippen molar-refractivity contribution in [2.75, 3.05) is 5.32 Å². The number of carbonyl (C=O) groups is 1. The third-order valence-corrected chi connectivity index (χ3v) is 8.14. The minimum atomic E-state index is -0.360. The van der Waals surface area contributed by atoms with Crippen LogP contribution in [0.2, 0.25) is 0 Å². The molecule has 4 rings (SSSR count). The predicted octanol–water partition coefficient (Wildman–Crippen LogP) is 9.01. The van der Waals surface area contributed by atoms with Gasteiger partial charge in [0.15, 0.2) is 0 Å². The van der Waals surface area contributed by atoms with E-state index in [0.717, 1.165) is 33.5 Å². The van der Waals surface area contributed by atoms with Gasteiger partial charge in [-0.3, -0.25) is 9.59 Å². The molecule has 0 atom stereocenters. The highest BCUT2D eigenvalue weighted by atomic mass is 16.3. The van der Waals surface area contributed by atoms with E-state index in [9.17, 15) is 14.7 Å². The second kappa shape index (κ2) is 11.1. The number of phenolic OH excluding ortho intramolecular Hbond substituents is 1. The van der Waals surface area contributed by atoms with Crippen LogP contribution in [-0.2, 0) is 17.9 Å². The Bertz CT molecular complexity index is 1670. The second-order valence-corrected chi connectivity index (χ2v) is 14.1. The Balaban J connectivity index is 2.12. The molecule has 0 saturated carbocycles. The lowest BCUT2D eigenvalue weighted by Crippen LogP contribution is -2.28. The summed E-state index contributed by atoms with van der Waals surface area (Å²) in [5.74, 6) is 0.318. The zero-order valence-electron chi connectivity index (χ0n) is 27.1. The highest BCUT2D eigenvalue weighted by molar-refractivity contribution is 6.13. The summed E-state index contributed by atoms with van der Waals surface area (Å²) in [5, 5.41) is 15.9. The first kappa shape index (κ1) is 31.1. The van der Waals surface area contributed by atoms with E-state index in [1.165, 1.54) is 4.57 Å². The van der Waals surface area contributed by atoms with Gasteiger partial charge in [-0.05, 0) is 62.9 Å². The van der Waals surface area contributed by atoms with Gasteiger partial charge in [0.2, 0.25) is 0 Å². The normalized spacial score (nSPS) is 12.4. The predicted molar refractivity (Wildman–Crippen MR) is 176 cm³/mol. The van der Waals surface area contributed by atoms with E-state index in [0.29, 0.717) is 16.3 Å². The quantitative estimate of drug-likeness (QED) is 0.253.